The van der Waals surface area contributed by atoms with Crippen molar-refractivity contribution in [2.24, 2.45) is 5.41 Å². The van der Waals surface area contributed by atoms with Crippen LogP contribution in [-0.4, -0.2) is 43.2 Å². The van der Waals surface area contributed by atoms with Gasteiger partial charge in [-0.3, -0.25) is 4.79 Å². The van der Waals surface area contributed by atoms with Gasteiger partial charge in [0.15, 0.2) is 6.10 Å². The zero-order valence-corrected chi connectivity index (χ0v) is 15.3. The van der Waals surface area contributed by atoms with E-state index in [2.05, 4.69) is 32.9 Å². The molecule has 4 heteroatoms. The number of hydrogen-bond donors (Lipinski definition) is 0. The molecule has 2 aliphatic rings. The van der Waals surface area contributed by atoms with E-state index in [-0.39, 0.29) is 11.3 Å². The highest BCUT2D eigenvalue weighted by molar-refractivity contribution is 5.81. The maximum atomic E-state index is 12.6. The van der Waals surface area contributed by atoms with Crippen LogP contribution in [0.2, 0.25) is 0 Å². The molecule has 1 amide bonds. The molecule has 0 bridgehead atoms. The molecule has 24 heavy (non-hydrogen) atoms. The van der Waals surface area contributed by atoms with Gasteiger partial charge in [-0.1, -0.05) is 32.9 Å². The van der Waals surface area contributed by atoms with E-state index < -0.39 is 6.10 Å². The summed E-state index contributed by atoms with van der Waals surface area (Å²) in [6, 6.07) is 8.07. The van der Waals surface area contributed by atoms with Crippen molar-refractivity contribution >= 4 is 5.91 Å². The fourth-order valence-electron chi connectivity index (χ4n) is 3.59. The molecule has 1 spiro atoms. The number of hydrogen-bond acceptors (Lipinski definition) is 3. The average molecular weight is 331 g/mol. The van der Waals surface area contributed by atoms with Crippen LogP contribution in [0.15, 0.2) is 24.3 Å². The summed E-state index contributed by atoms with van der Waals surface area (Å²) >= 11 is 0. The fourth-order valence-corrected chi connectivity index (χ4v) is 3.59. The van der Waals surface area contributed by atoms with Gasteiger partial charge in [0, 0.05) is 31.7 Å². The summed E-state index contributed by atoms with van der Waals surface area (Å²) in [6.07, 6.45) is 1.70. The first-order chi connectivity index (χ1) is 11.3. The molecule has 1 atom stereocenters. The molecule has 2 saturated heterocycles. The Morgan fingerprint density at radius 2 is 1.75 bits per heavy atom. The lowest BCUT2D eigenvalue weighted by molar-refractivity contribution is -0.156. The normalized spacial score (nSPS) is 21.2. The van der Waals surface area contributed by atoms with Crippen molar-refractivity contribution in [2.75, 3.05) is 26.3 Å². The Hall–Kier alpha value is -1.55. The molecule has 132 valence electrons. The van der Waals surface area contributed by atoms with Crippen LogP contribution >= 0.6 is 0 Å². The van der Waals surface area contributed by atoms with Gasteiger partial charge in [-0.25, -0.2) is 0 Å². The minimum absolute atomic E-state index is 0.0898. The molecule has 0 saturated carbocycles. The van der Waals surface area contributed by atoms with E-state index in [1.807, 2.05) is 24.0 Å². The first-order valence-electron chi connectivity index (χ1n) is 8.93. The van der Waals surface area contributed by atoms with Crippen LogP contribution in [-0.2, 0) is 14.9 Å². The maximum Gasteiger partial charge on any atom is 0.263 e. The summed E-state index contributed by atoms with van der Waals surface area (Å²) < 4.78 is 11.3. The second-order valence-corrected chi connectivity index (χ2v) is 8.34. The second kappa shape index (κ2) is 6.40. The number of nitrogens with zero attached hydrogens (tertiary/aromatic N) is 1. The minimum atomic E-state index is -0.442. The van der Waals surface area contributed by atoms with Crippen LogP contribution in [0.25, 0.3) is 0 Å². The van der Waals surface area contributed by atoms with Gasteiger partial charge in [-0.2, -0.15) is 0 Å². The summed E-state index contributed by atoms with van der Waals surface area (Å²) in [4.78, 5) is 14.5. The van der Waals surface area contributed by atoms with Gasteiger partial charge < -0.3 is 14.4 Å². The largest absolute Gasteiger partial charge is 0.481 e. The van der Waals surface area contributed by atoms with Crippen LogP contribution in [0.5, 0.6) is 5.75 Å². The third-order valence-corrected chi connectivity index (χ3v) is 5.30. The highest BCUT2D eigenvalue weighted by Crippen LogP contribution is 2.40. The van der Waals surface area contributed by atoms with Crippen molar-refractivity contribution in [2.45, 2.75) is 52.1 Å². The highest BCUT2D eigenvalue weighted by atomic mass is 16.5. The third-order valence-electron chi connectivity index (χ3n) is 5.30. The molecule has 2 aliphatic heterocycles. The van der Waals surface area contributed by atoms with Crippen molar-refractivity contribution in [1.29, 1.82) is 0 Å². The molecule has 1 aromatic carbocycles. The van der Waals surface area contributed by atoms with Crippen molar-refractivity contribution in [3.8, 4) is 5.75 Å². The minimum Gasteiger partial charge on any atom is -0.481 e. The molecule has 4 nitrogen and oxygen atoms in total. The molecular weight excluding hydrogens is 302 g/mol. The van der Waals surface area contributed by atoms with Gasteiger partial charge in [0.1, 0.15) is 5.75 Å². The van der Waals surface area contributed by atoms with Crippen molar-refractivity contribution < 1.29 is 14.3 Å². The van der Waals surface area contributed by atoms with Gasteiger partial charge in [0.05, 0.1) is 0 Å². The van der Waals surface area contributed by atoms with E-state index in [4.69, 9.17) is 9.47 Å². The Balaban J connectivity index is 1.53. The summed E-state index contributed by atoms with van der Waals surface area (Å²) in [5.41, 5.74) is 1.69. The first kappa shape index (κ1) is 17.3. The van der Waals surface area contributed by atoms with Crippen molar-refractivity contribution in [1.82, 2.24) is 4.90 Å². The topological polar surface area (TPSA) is 38.8 Å². The molecule has 0 radical (unpaired) electrons. The number of benzene rings is 1. The Kier molecular flexibility index (Phi) is 4.60. The number of carbonyl (C=O) groups excluding carboxylic acids is 1. The van der Waals surface area contributed by atoms with Gasteiger partial charge in [-0.05, 0) is 42.9 Å². The van der Waals surface area contributed by atoms with E-state index in [1.165, 1.54) is 5.56 Å². The van der Waals surface area contributed by atoms with E-state index in [9.17, 15) is 4.79 Å². The molecule has 3 rings (SSSR count). The quantitative estimate of drug-likeness (QED) is 0.852. The van der Waals surface area contributed by atoms with Gasteiger partial charge in [-0.15, -0.1) is 0 Å². The van der Waals surface area contributed by atoms with Crippen LogP contribution in [0.3, 0.4) is 0 Å². The fraction of sp³-hybridized carbons (Fsp3) is 0.650. The van der Waals surface area contributed by atoms with Crippen LogP contribution < -0.4 is 4.74 Å². The molecule has 0 aromatic heterocycles. The smallest absolute Gasteiger partial charge is 0.263 e. The second-order valence-electron chi connectivity index (χ2n) is 8.34. The highest BCUT2D eigenvalue weighted by Gasteiger charge is 2.46. The lowest BCUT2D eigenvalue weighted by atomic mass is 9.73. The van der Waals surface area contributed by atoms with Crippen molar-refractivity contribution in [3.05, 3.63) is 29.8 Å². The SMILES string of the molecule is CC(Oc1ccc(C(C)(C)C)cc1)C(=O)N1CC2(CCOCC2)C1. The summed E-state index contributed by atoms with van der Waals surface area (Å²) in [7, 11) is 0. The lowest BCUT2D eigenvalue weighted by Gasteiger charge is -2.52. The number of likely N-dealkylation sites (tertiary alicyclic amines) is 1. The van der Waals surface area contributed by atoms with Crippen molar-refractivity contribution in [3.63, 3.8) is 0 Å². The number of amides is 1. The van der Waals surface area contributed by atoms with Crippen LogP contribution in [0.4, 0.5) is 0 Å². The van der Waals surface area contributed by atoms with E-state index in [0.29, 0.717) is 5.41 Å². The van der Waals surface area contributed by atoms with Gasteiger partial charge >= 0.3 is 0 Å². The monoisotopic (exact) mass is 331 g/mol. The maximum absolute atomic E-state index is 12.6. The summed E-state index contributed by atoms with van der Waals surface area (Å²) in [5, 5.41) is 0. The Labute approximate surface area is 145 Å². The zero-order valence-electron chi connectivity index (χ0n) is 15.3. The number of rotatable bonds is 3. The molecule has 2 heterocycles. The molecular formula is C20H29NO3. The van der Waals surface area contributed by atoms with E-state index in [1.54, 1.807) is 0 Å². The third kappa shape index (κ3) is 3.59. The lowest BCUT2D eigenvalue weighted by Crippen LogP contribution is -2.62. The van der Waals surface area contributed by atoms with E-state index in [0.717, 1.165) is 44.9 Å². The average Bonchev–Trinajstić information content (AvgIpc) is 2.52. The predicted octanol–water partition coefficient (Wildman–Crippen LogP) is 3.39. The number of carbonyl (C=O) groups is 1. The Morgan fingerprint density at radius 1 is 1.17 bits per heavy atom. The molecule has 2 fully saturated rings. The first-order valence-corrected chi connectivity index (χ1v) is 8.93. The molecule has 1 unspecified atom stereocenters. The molecule has 0 N–H and O–H groups in total. The van der Waals surface area contributed by atoms with E-state index >= 15 is 0 Å². The number of ether oxygens (including phenoxy) is 2. The summed E-state index contributed by atoms with van der Waals surface area (Å²) in [6.45, 7) is 11.8. The summed E-state index contributed by atoms with van der Waals surface area (Å²) in [5.74, 6) is 0.845. The Bertz CT molecular complexity index is 574. The van der Waals surface area contributed by atoms with Crippen LogP contribution in [0, 0.1) is 5.41 Å². The van der Waals surface area contributed by atoms with Gasteiger partial charge in [0.25, 0.3) is 5.91 Å². The standard InChI is InChI=1S/C20H29NO3/c1-15(24-17-7-5-16(6-8-17)19(2,3)4)18(22)21-13-20(14-21)9-11-23-12-10-20/h5-8,15H,9-14H2,1-4H3. The molecule has 1 aromatic rings. The van der Waals surface area contributed by atoms with Crippen LogP contribution in [0.1, 0.15) is 46.1 Å². The zero-order chi connectivity index (χ0) is 17.4. The predicted molar refractivity (Wildman–Crippen MR) is 94.3 cm³/mol. The van der Waals surface area contributed by atoms with Gasteiger partial charge in [0.2, 0.25) is 0 Å². The molecule has 0 aliphatic carbocycles. The Morgan fingerprint density at radius 3 is 2.29 bits per heavy atom.